The SMILES string of the molecule is C[C@H](COc1ccccc1N1CCN(C(=O)OC(C)(C)C)CC1)NS(C)(=O)=O. The van der Waals surface area contributed by atoms with Crippen molar-refractivity contribution < 1.29 is 22.7 Å². The van der Waals surface area contributed by atoms with Crippen LogP contribution in [0.1, 0.15) is 27.7 Å². The second-order valence-corrected chi connectivity index (χ2v) is 9.80. The zero-order valence-corrected chi connectivity index (χ0v) is 18.1. The molecule has 158 valence electrons. The fraction of sp³-hybridized carbons (Fsp3) is 0.632. The van der Waals surface area contributed by atoms with Crippen molar-refractivity contribution in [2.75, 3.05) is 43.9 Å². The maximum atomic E-state index is 12.2. The molecule has 1 atom stereocenters. The molecule has 0 aliphatic carbocycles. The van der Waals surface area contributed by atoms with Gasteiger partial charge in [0, 0.05) is 26.2 Å². The Hall–Kier alpha value is -2.00. The van der Waals surface area contributed by atoms with Gasteiger partial charge in [-0.25, -0.2) is 17.9 Å². The number of benzene rings is 1. The van der Waals surface area contributed by atoms with E-state index in [9.17, 15) is 13.2 Å². The van der Waals surface area contributed by atoms with E-state index in [1.807, 2.05) is 45.0 Å². The first kappa shape index (κ1) is 22.3. The molecule has 1 fully saturated rings. The minimum absolute atomic E-state index is 0.224. The van der Waals surface area contributed by atoms with E-state index in [1.54, 1.807) is 11.8 Å². The third-order valence-electron chi connectivity index (χ3n) is 4.04. The molecular weight excluding hydrogens is 382 g/mol. The van der Waals surface area contributed by atoms with E-state index in [-0.39, 0.29) is 18.7 Å². The van der Waals surface area contributed by atoms with E-state index in [1.165, 1.54) is 0 Å². The van der Waals surface area contributed by atoms with Crippen molar-refractivity contribution in [3.63, 3.8) is 0 Å². The largest absolute Gasteiger partial charge is 0.490 e. The highest BCUT2D eigenvalue weighted by molar-refractivity contribution is 7.88. The standard InChI is InChI=1S/C19H31N3O5S/c1-15(20-28(5,24)25)14-26-17-9-7-6-8-16(17)21-10-12-22(13-11-21)18(23)27-19(2,3)4/h6-9,15,20H,10-14H2,1-5H3/t15-/m1/s1. The molecule has 2 rings (SSSR count). The van der Waals surface area contributed by atoms with Crippen LogP contribution >= 0.6 is 0 Å². The summed E-state index contributed by atoms with van der Waals surface area (Å²) < 4.78 is 36.4. The Morgan fingerprint density at radius 2 is 1.79 bits per heavy atom. The summed E-state index contributed by atoms with van der Waals surface area (Å²) >= 11 is 0. The van der Waals surface area contributed by atoms with Crippen LogP contribution in [0.2, 0.25) is 0 Å². The predicted octanol–water partition coefficient (Wildman–Crippen LogP) is 2.06. The van der Waals surface area contributed by atoms with Gasteiger partial charge in [0.15, 0.2) is 0 Å². The number of carbonyl (C=O) groups is 1. The fourth-order valence-electron chi connectivity index (χ4n) is 2.91. The Balaban J connectivity index is 1.95. The first-order valence-electron chi connectivity index (χ1n) is 9.36. The van der Waals surface area contributed by atoms with Gasteiger partial charge in [-0.05, 0) is 39.8 Å². The van der Waals surface area contributed by atoms with Gasteiger partial charge in [-0.1, -0.05) is 12.1 Å². The van der Waals surface area contributed by atoms with Crippen LogP contribution in [0, 0.1) is 0 Å². The van der Waals surface area contributed by atoms with Gasteiger partial charge in [0.25, 0.3) is 0 Å². The number of rotatable bonds is 6. The minimum atomic E-state index is -3.28. The molecule has 1 aromatic rings. The summed E-state index contributed by atoms with van der Waals surface area (Å²) in [5, 5.41) is 0. The highest BCUT2D eigenvalue weighted by Crippen LogP contribution is 2.29. The van der Waals surface area contributed by atoms with E-state index < -0.39 is 15.6 Å². The predicted molar refractivity (Wildman–Crippen MR) is 109 cm³/mol. The normalized spacial score (nSPS) is 16.6. The van der Waals surface area contributed by atoms with Gasteiger partial charge in [-0.15, -0.1) is 0 Å². The number of amides is 1. The van der Waals surface area contributed by atoms with Crippen LogP contribution in [-0.2, 0) is 14.8 Å². The molecule has 1 N–H and O–H groups in total. The number of anilines is 1. The van der Waals surface area contributed by atoms with Gasteiger partial charge in [0.05, 0.1) is 18.0 Å². The minimum Gasteiger partial charge on any atom is -0.490 e. The van der Waals surface area contributed by atoms with Crippen molar-refractivity contribution in [3.8, 4) is 5.75 Å². The summed E-state index contributed by atoms with van der Waals surface area (Å²) in [5.74, 6) is 0.690. The van der Waals surface area contributed by atoms with Crippen LogP contribution < -0.4 is 14.4 Å². The number of carbonyl (C=O) groups excluding carboxylic acids is 1. The molecule has 1 aliphatic rings. The number of ether oxygens (including phenoxy) is 2. The maximum Gasteiger partial charge on any atom is 0.410 e. The molecule has 0 aromatic heterocycles. The molecule has 0 radical (unpaired) electrons. The van der Waals surface area contributed by atoms with Crippen LogP contribution in [0.15, 0.2) is 24.3 Å². The van der Waals surface area contributed by atoms with Crippen LogP contribution in [0.4, 0.5) is 10.5 Å². The zero-order valence-electron chi connectivity index (χ0n) is 17.3. The van der Waals surface area contributed by atoms with Crippen LogP contribution in [0.5, 0.6) is 5.75 Å². The van der Waals surface area contributed by atoms with Gasteiger partial charge in [-0.3, -0.25) is 0 Å². The molecule has 0 unspecified atom stereocenters. The van der Waals surface area contributed by atoms with E-state index in [2.05, 4.69) is 9.62 Å². The van der Waals surface area contributed by atoms with Crippen LogP contribution in [0.25, 0.3) is 0 Å². The summed E-state index contributed by atoms with van der Waals surface area (Å²) in [4.78, 5) is 16.1. The molecule has 0 bridgehead atoms. The molecule has 1 aliphatic heterocycles. The third-order valence-corrected chi connectivity index (χ3v) is 4.87. The van der Waals surface area contributed by atoms with Crippen molar-refractivity contribution in [2.24, 2.45) is 0 Å². The average molecular weight is 414 g/mol. The monoisotopic (exact) mass is 413 g/mol. The van der Waals surface area contributed by atoms with Gasteiger partial charge >= 0.3 is 6.09 Å². The van der Waals surface area contributed by atoms with Gasteiger partial charge < -0.3 is 19.3 Å². The van der Waals surface area contributed by atoms with Gasteiger partial charge in [-0.2, -0.15) is 0 Å². The van der Waals surface area contributed by atoms with Crippen molar-refractivity contribution in [3.05, 3.63) is 24.3 Å². The number of nitrogens with zero attached hydrogens (tertiary/aromatic N) is 2. The fourth-order valence-corrected chi connectivity index (χ4v) is 3.71. The average Bonchev–Trinajstić information content (AvgIpc) is 2.57. The summed E-state index contributed by atoms with van der Waals surface area (Å²) in [6, 6.07) is 7.30. The molecule has 0 saturated carbocycles. The van der Waals surface area contributed by atoms with E-state index in [0.717, 1.165) is 11.9 Å². The highest BCUT2D eigenvalue weighted by atomic mass is 32.2. The van der Waals surface area contributed by atoms with E-state index >= 15 is 0 Å². The van der Waals surface area contributed by atoms with Gasteiger partial charge in [0.1, 0.15) is 18.0 Å². The number of hydrogen-bond donors (Lipinski definition) is 1. The smallest absolute Gasteiger partial charge is 0.410 e. The van der Waals surface area contributed by atoms with Crippen LogP contribution in [0.3, 0.4) is 0 Å². The number of sulfonamides is 1. The first-order chi connectivity index (χ1) is 12.9. The quantitative estimate of drug-likeness (QED) is 0.768. The molecule has 1 saturated heterocycles. The molecule has 1 aromatic carbocycles. The Labute approximate surface area is 167 Å². The molecular formula is C19H31N3O5S. The first-order valence-corrected chi connectivity index (χ1v) is 11.3. The Bertz CT molecular complexity index is 768. The van der Waals surface area contributed by atoms with Crippen molar-refractivity contribution in [2.45, 2.75) is 39.3 Å². The van der Waals surface area contributed by atoms with E-state index in [4.69, 9.17) is 9.47 Å². The van der Waals surface area contributed by atoms with Crippen molar-refractivity contribution in [1.29, 1.82) is 0 Å². The molecule has 28 heavy (non-hydrogen) atoms. The summed E-state index contributed by atoms with van der Waals surface area (Å²) in [5.41, 5.74) is 0.420. The lowest BCUT2D eigenvalue weighted by Gasteiger charge is -2.37. The number of nitrogens with one attached hydrogen (secondary N) is 1. The van der Waals surface area contributed by atoms with Crippen molar-refractivity contribution >= 4 is 21.8 Å². The van der Waals surface area contributed by atoms with Crippen LogP contribution in [-0.4, -0.2) is 70.1 Å². The number of hydrogen-bond acceptors (Lipinski definition) is 6. The zero-order chi connectivity index (χ0) is 20.9. The topological polar surface area (TPSA) is 88.2 Å². The number of para-hydroxylation sites is 2. The molecule has 9 heteroatoms. The highest BCUT2D eigenvalue weighted by Gasteiger charge is 2.27. The van der Waals surface area contributed by atoms with E-state index in [0.29, 0.717) is 31.9 Å². The summed E-state index contributed by atoms with van der Waals surface area (Å²) in [6.07, 6.45) is 0.832. The Morgan fingerprint density at radius 3 is 2.36 bits per heavy atom. The second kappa shape index (κ2) is 9.00. The van der Waals surface area contributed by atoms with Gasteiger partial charge in [0.2, 0.25) is 10.0 Å². The lowest BCUT2D eigenvalue weighted by atomic mass is 10.2. The number of piperazine rings is 1. The Morgan fingerprint density at radius 1 is 1.18 bits per heavy atom. The molecule has 8 nitrogen and oxygen atoms in total. The summed E-state index contributed by atoms with van der Waals surface area (Å²) in [6.45, 7) is 10.0. The second-order valence-electron chi connectivity index (χ2n) is 8.02. The lowest BCUT2D eigenvalue weighted by Crippen LogP contribution is -2.50. The molecule has 1 heterocycles. The summed E-state index contributed by atoms with van der Waals surface area (Å²) in [7, 11) is -3.28. The molecule has 1 amide bonds. The van der Waals surface area contributed by atoms with Crippen molar-refractivity contribution in [1.82, 2.24) is 9.62 Å². The Kier molecular flexibility index (Phi) is 7.16. The third kappa shape index (κ3) is 7.20. The maximum absolute atomic E-state index is 12.2. The molecule has 0 spiro atoms. The lowest BCUT2D eigenvalue weighted by molar-refractivity contribution is 0.0240.